The minimum absolute atomic E-state index is 0.0268. The number of benzene rings is 2. The van der Waals surface area contributed by atoms with Crippen molar-refractivity contribution in [3.05, 3.63) is 69.8 Å². The predicted octanol–water partition coefficient (Wildman–Crippen LogP) is 2.63. The molecule has 7 heteroatoms. The standard InChI is InChI=1S/C20H23N3O4/c1-21(20(24)14-16-2-8-19(9-3-16)23(25)26)15-17-4-6-18(7-5-17)22-10-12-27-13-11-22/h2-9H,10-15H2,1H3. The van der Waals surface area contributed by atoms with Crippen LogP contribution in [0.3, 0.4) is 0 Å². The molecule has 0 bridgehead atoms. The summed E-state index contributed by atoms with van der Waals surface area (Å²) in [7, 11) is 1.77. The number of non-ortho nitro benzene ring substituents is 1. The van der Waals surface area contributed by atoms with Crippen molar-refractivity contribution in [2.75, 3.05) is 38.3 Å². The van der Waals surface area contributed by atoms with E-state index in [0.717, 1.165) is 37.4 Å². The lowest BCUT2D eigenvalue weighted by molar-refractivity contribution is -0.384. The van der Waals surface area contributed by atoms with Gasteiger partial charge in [0.15, 0.2) is 0 Å². The number of likely N-dealkylation sites (N-methyl/N-ethyl adjacent to an activating group) is 1. The smallest absolute Gasteiger partial charge is 0.269 e. The van der Waals surface area contributed by atoms with E-state index in [1.165, 1.54) is 17.8 Å². The molecule has 1 heterocycles. The monoisotopic (exact) mass is 369 g/mol. The van der Waals surface area contributed by atoms with E-state index >= 15 is 0 Å². The molecule has 0 aliphatic carbocycles. The number of carbonyl (C=O) groups is 1. The Balaban J connectivity index is 1.55. The number of nitro benzene ring substituents is 1. The summed E-state index contributed by atoms with van der Waals surface area (Å²) < 4.78 is 5.37. The summed E-state index contributed by atoms with van der Waals surface area (Å²) >= 11 is 0. The molecule has 0 aromatic heterocycles. The molecule has 1 fully saturated rings. The molecule has 0 radical (unpaired) electrons. The van der Waals surface area contributed by atoms with Gasteiger partial charge in [-0.1, -0.05) is 24.3 Å². The highest BCUT2D eigenvalue weighted by atomic mass is 16.6. The molecular formula is C20H23N3O4. The molecule has 1 amide bonds. The summed E-state index contributed by atoms with van der Waals surface area (Å²) in [6, 6.07) is 14.3. The first-order chi connectivity index (χ1) is 13.0. The number of amides is 1. The van der Waals surface area contributed by atoms with Crippen molar-refractivity contribution < 1.29 is 14.5 Å². The van der Waals surface area contributed by atoms with E-state index in [1.54, 1.807) is 24.1 Å². The zero-order valence-electron chi connectivity index (χ0n) is 15.3. The Hall–Kier alpha value is -2.93. The maximum Gasteiger partial charge on any atom is 0.269 e. The first kappa shape index (κ1) is 18.8. The number of morpholine rings is 1. The molecular weight excluding hydrogens is 346 g/mol. The number of ether oxygens (including phenoxy) is 1. The number of anilines is 1. The molecule has 1 aliphatic rings. The SMILES string of the molecule is CN(Cc1ccc(N2CCOCC2)cc1)C(=O)Cc1ccc([N+](=O)[O-])cc1. The molecule has 0 atom stereocenters. The van der Waals surface area contributed by atoms with Gasteiger partial charge in [0.05, 0.1) is 24.6 Å². The summed E-state index contributed by atoms with van der Waals surface area (Å²) in [5.41, 5.74) is 3.02. The van der Waals surface area contributed by atoms with E-state index in [2.05, 4.69) is 17.0 Å². The van der Waals surface area contributed by atoms with Crippen LogP contribution in [0, 0.1) is 10.1 Å². The van der Waals surface area contributed by atoms with Crippen LogP contribution in [0.1, 0.15) is 11.1 Å². The van der Waals surface area contributed by atoms with E-state index < -0.39 is 4.92 Å². The number of carbonyl (C=O) groups excluding carboxylic acids is 1. The minimum Gasteiger partial charge on any atom is -0.378 e. The number of hydrogen-bond donors (Lipinski definition) is 0. The van der Waals surface area contributed by atoms with Crippen LogP contribution in [0.4, 0.5) is 11.4 Å². The predicted molar refractivity (Wildman–Crippen MR) is 103 cm³/mol. The molecule has 27 heavy (non-hydrogen) atoms. The van der Waals surface area contributed by atoms with Gasteiger partial charge in [-0.15, -0.1) is 0 Å². The topological polar surface area (TPSA) is 75.9 Å². The second-order valence-corrected chi connectivity index (χ2v) is 6.62. The Morgan fingerprint density at radius 3 is 2.26 bits per heavy atom. The highest BCUT2D eigenvalue weighted by Gasteiger charge is 2.13. The first-order valence-corrected chi connectivity index (χ1v) is 8.92. The van der Waals surface area contributed by atoms with E-state index in [1.807, 2.05) is 12.1 Å². The van der Waals surface area contributed by atoms with E-state index in [4.69, 9.17) is 4.74 Å². The fourth-order valence-electron chi connectivity index (χ4n) is 3.04. The summed E-state index contributed by atoms with van der Waals surface area (Å²) in [4.78, 5) is 26.6. The lowest BCUT2D eigenvalue weighted by atomic mass is 10.1. The van der Waals surface area contributed by atoms with Crippen molar-refractivity contribution >= 4 is 17.3 Å². The average Bonchev–Trinajstić information content (AvgIpc) is 2.69. The van der Waals surface area contributed by atoms with Crippen LogP contribution in [0.5, 0.6) is 0 Å². The van der Waals surface area contributed by atoms with Crippen LogP contribution < -0.4 is 4.90 Å². The van der Waals surface area contributed by atoms with Crippen molar-refractivity contribution in [2.45, 2.75) is 13.0 Å². The molecule has 0 N–H and O–H groups in total. The Bertz CT molecular complexity index is 784. The van der Waals surface area contributed by atoms with Crippen LogP contribution in [-0.4, -0.2) is 49.1 Å². The van der Waals surface area contributed by atoms with Crippen LogP contribution >= 0.6 is 0 Å². The minimum atomic E-state index is -0.446. The molecule has 0 unspecified atom stereocenters. The third-order valence-electron chi connectivity index (χ3n) is 4.66. The van der Waals surface area contributed by atoms with E-state index in [0.29, 0.717) is 6.54 Å². The van der Waals surface area contributed by atoms with Crippen molar-refractivity contribution in [3.8, 4) is 0 Å². The van der Waals surface area contributed by atoms with Gasteiger partial charge in [-0.05, 0) is 23.3 Å². The number of rotatable bonds is 6. The van der Waals surface area contributed by atoms with Gasteiger partial charge in [-0.2, -0.15) is 0 Å². The van der Waals surface area contributed by atoms with Crippen LogP contribution in [0.25, 0.3) is 0 Å². The van der Waals surface area contributed by atoms with Gasteiger partial charge < -0.3 is 14.5 Å². The number of hydrogen-bond acceptors (Lipinski definition) is 5. The molecule has 3 rings (SSSR count). The molecule has 0 spiro atoms. The van der Waals surface area contributed by atoms with Crippen LogP contribution in [0.2, 0.25) is 0 Å². The van der Waals surface area contributed by atoms with Gasteiger partial charge >= 0.3 is 0 Å². The van der Waals surface area contributed by atoms with Gasteiger partial charge in [-0.25, -0.2) is 0 Å². The third kappa shape index (κ3) is 5.04. The van der Waals surface area contributed by atoms with E-state index in [-0.39, 0.29) is 18.0 Å². The quantitative estimate of drug-likeness (QED) is 0.578. The highest BCUT2D eigenvalue weighted by molar-refractivity contribution is 5.78. The maximum atomic E-state index is 12.4. The molecule has 142 valence electrons. The molecule has 2 aromatic carbocycles. The van der Waals surface area contributed by atoms with Gasteiger partial charge in [0, 0.05) is 44.5 Å². The third-order valence-corrected chi connectivity index (χ3v) is 4.66. The van der Waals surface area contributed by atoms with Gasteiger partial charge in [0.2, 0.25) is 5.91 Å². The van der Waals surface area contributed by atoms with Crippen molar-refractivity contribution in [1.82, 2.24) is 4.90 Å². The first-order valence-electron chi connectivity index (χ1n) is 8.92. The fraction of sp³-hybridized carbons (Fsp3) is 0.350. The summed E-state index contributed by atoms with van der Waals surface area (Å²) in [5.74, 6) is -0.0268. The molecule has 0 saturated carbocycles. The van der Waals surface area contributed by atoms with Gasteiger partial charge in [0.25, 0.3) is 5.69 Å². The lowest BCUT2D eigenvalue weighted by Crippen LogP contribution is -2.36. The second kappa shape index (κ2) is 8.64. The van der Waals surface area contributed by atoms with E-state index in [9.17, 15) is 14.9 Å². The largest absolute Gasteiger partial charge is 0.378 e. The van der Waals surface area contributed by atoms with Gasteiger partial charge in [-0.3, -0.25) is 14.9 Å². The summed E-state index contributed by atoms with van der Waals surface area (Å²) in [6.45, 7) is 3.82. The number of nitrogens with zero attached hydrogens (tertiary/aromatic N) is 3. The van der Waals surface area contributed by atoms with Crippen LogP contribution in [0.15, 0.2) is 48.5 Å². The molecule has 1 aliphatic heterocycles. The lowest BCUT2D eigenvalue weighted by Gasteiger charge is -2.29. The van der Waals surface area contributed by atoms with Gasteiger partial charge in [0.1, 0.15) is 0 Å². The molecule has 7 nitrogen and oxygen atoms in total. The zero-order valence-corrected chi connectivity index (χ0v) is 15.3. The summed E-state index contributed by atoms with van der Waals surface area (Å²) in [5, 5.41) is 10.7. The maximum absolute atomic E-state index is 12.4. The number of nitro groups is 1. The fourth-order valence-corrected chi connectivity index (χ4v) is 3.04. The molecule has 1 saturated heterocycles. The van der Waals surface area contributed by atoms with Crippen molar-refractivity contribution in [3.63, 3.8) is 0 Å². The zero-order chi connectivity index (χ0) is 19.2. The normalized spacial score (nSPS) is 14.0. The Morgan fingerprint density at radius 2 is 1.67 bits per heavy atom. The Morgan fingerprint density at radius 1 is 1.07 bits per heavy atom. The highest BCUT2D eigenvalue weighted by Crippen LogP contribution is 2.18. The van der Waals surface area contributed by atoms with Crippen molar-refractivity contribution in [1.29, 1.82) is 0 Å². The summed E-state index contributed by atoms with van der Waals surface area (Å²) in [6.07, 6.45) is 0.223. The second-order valence-electron chi connectivity index (χ2n) is 6.62. The molecule has 2 aromatic rings. The average molecular weight is 369 g/mol. The Kier molecular flexibility index (Phi) is 6.03. The van der Waals surface area contributed by atoms with Crippen molar-refractivity contribution in [2.24, 2.45) is 0 Å². The van der Waals surface area contributed by atoms with Crippen LogP contribution in [-0.2, 0) is 22.5 Å². The Labute approximate surface area is 158 Å².